The van der Waals surface area contributed by atoms with Gasteiger partial charge in [-0.15, -0.1) is 0 Å². The van der Waals surface area contributed by atoms with Gasteiger partial charge in [-0.25, -0.2) is 24.5 Å². The van der Waals surface area contributed by atoms with E-state index in [1.54, 1.807) is 7.11 Å². The van der Waals surface area contributed by atoms with Crippen LogP contribution in [0.25, 0.3) is 0 Å². The van der Waals surface area contributed by atoms with E-state index in [0.29, 0.717) is 12.4 Å². The van der Waals surface area contributed by atoms with Gasteiger partial charge in [0.2, 0.25) is 5.88 Å². The molecule has 2 aliphatic heterocycles. The summed E-state index contributed by atoms with van der Waals surface area (Å²) in [5.41, 5.74) is 2.08. The number of carboxylic acids is 2. The maximum atomic E-state index is 13.2. The average molecular weight is 611 g/mol. The third-order valence-electron chi connectivity index (χ3n) is 6.53. The fourth-order valence-electron chi connectivity index (χ4n) is 4.27. The van der Waals surface area contributed by atoms with Crippen molar-refractivity contribution >= 4 is 17.8 Å². The molecule has 0 unspecified atom stereocenters. The summed E-state index contributed by atoms with van der Waals surface area (Å²) in [4.78, 5) is 49.0. The summed E-state index contributed by atoms with van der Waals surface area (Å²) in [6.07, 6.45) is -4.34. The molecule has 0 bridgehead atoms. The van der Waals surface area contributed by atoms with E-state index in [2.05, 4.69) is 19.8 Å². The third kappa shape index (κ3) is 9.02. The molecule has 12 nitrogen and oxygen atoms in total. The smallest absolute Gasteiger partial charge is 0.481 e. The number of aliphatic carboxylic acids is 2. The lowest BCUT2D eigenvalue weighted by atomic mass is 10.1. The fourth-order valence-corrected chi connectivity index (χ4v) is 4.27. The van der Waals surface area contributed by atoms with Crippen molar-refractivity contribution < 1.29 is 50.9 Å². The number of ether oxygens (including phenoxy) is 1. The Labute approximate surface area is 234 Å². The van der Waals surface area contributed by atoms with Crippen LogP contribution in [0.5, 0.6) is 5.88 Å². The molecular formula is C24H28F6N6O6. The Balaban J connectivity index is 0.000000289. The predicted molar refractivity (Wildman–Crippen MR) is 132 cm³/mol. The van der Waals surface area contributed by atoms with Crippen LogP contribution in [-0.4, -0.2) is 92.2 Å². The van der Waals surface area contributed by atoms with Crippen molar-refractivity contribution in [1.82, 2.24) is 24.4 Å². The molecule has 3 aliphatic rings. The lowest BCUT2D eigenvalue weighted by Gasteiger charge is -2.28. The highest BCUT2D eigenvalue weighted by atomic mass is 19.4. The second-order valence-electron chi connectivity index (χ2n) is 9.60. The van der Waals surface area contributed by atoms with Crippen LogP contribution in [0, 0.1) is 5.92 Å². The van der Waals surface area contributed by atoms with Gasteiger partial charge in [-0.05, 0) is 18.8 Å². The van der Waals surface area contributed by atoms with Crippen LogP contribution < -0.4 is 15.2 Å². The van der Waals surface area contributed by atoms with Crippen molar-refractivity contribution in [3.8, 4) is 5.88 Å². The highest BCUT2D eigenvalue weighted by Crippen LogP contribution is 2.31. The SMILES string of the molecule is COc1cc(N2CCc3nc4c(c(=O)n3CC2)CN(CC2CC2)CC4)ncn1.O=C(O)C(F)(F)F.O=C(O)C(F)(F)F. The number of alkyl halides is 6. The highest BCUT2D eigenvalue weighted by Gasteiger charge is 2.39. The minimum absolute atomic E-state index is 0.155. The Morgan fingerprint density at radius 2 is 1.60 bits per heavy atom. The van der Waals surface area contributed by atoms with Gasteiger partial charge in [0.1, 0.15) is 18.0 Å². The Morgan fingerprint density at radius 1 is 0.976 bits per heavy atom. The molecule has 232 valence electrons. The van der Waals surface area contributed by atoms with Gasteiger partial charge < -0.3 is 19.8 Å². The van der Waals surface area contributed by atoms with Gasteiger partial charge in [-0.2, -0.15) is 26.3 Å². The number of hydrogen-bond donors (Lipinski definition) is 2. The van der Waals surface area contributed by atoms with Gasteiger partial charge in [0, 0.05) is 58.2 Å². The Morgan fingerprint density at radius 3 is 2.14 bits per heavy atom. The highest BCUT2D eigenvalue weighted by molar-refractivity contribution is 5.73. The molecule has 2 N–H and O–H groups in total. The summed E-state index contributed by atoms with van der Waals surface area (Å²) in [5, 5.41) is 14.2. The molecule has 0 aromatic carbocycles. The first-order chi connectivity index (χ1) is 19.6. The first-order valence-corrected chi connectivity index (χ1v) is 12.6. The van der Waals surface area contributed by atoms with Crippen molar-refractivity contribution in [3.05, 3.63) is 39.8 Å². The number of hydrogen-bond acceptors (Lipinski definition) is 9. The van der Waals surface area contributed by atoms with Crippen molar-refractivity contribution in [3.63, 3.8) is 0 Å². The van der Waals surface area contributed by atoms with E-state index < -0.39 is 24.3 Å². The van der Waals surface area contributed by atoms with Crippen molar-refractivity contribution in [1.29, 1.82) is 0 Å². The summed E-state index contributed by atoms with van der Waals surface area (Å²) in [7, 11) is 1.60. The van der Waals surface area contributed by atoms with E-state index in [4.69, 9.17) is 29.5 Å². The summed E-state index contributed by atoms with van der Waals surface area (Å²) < 4.78 is 70.6. The number of methoxy groups -OCH3 is 1. The van der Waals surface area contributed by atoms with Crippen LogP contribution in [0.2, 0.25) is 0 Å². The Bertz CT molecular complexity index is 1310. The Kier molecular flexibility index (Phi) is 10.3. The summed E-state index contributed by atoms with van der Waals surface area (Å²) in [6.45, 7) is 5.03. The quantitative estimate of drug-likeness (QED) is 0.490. The number of rotatable bonds is 4. The first-order valence-electron chi connectivity index (χ1n) is 12.6. The maximum Gasteiger partial charge on any atom is 0.490 e. The molecule has 42 heavy (non-hydrogen) atoms. The largest absolute Gasteiger partial charge is 0.490 e. The van der Waals surface area contributed by atoms with Gasteiger partial charge >= 0.3 is 24.3 Å². The number of aromatic nitrogens is 4. The van der Waals surface area contributed by atoms with E-state index >= 15 is 0 Å². The molecule has 1 aliphatic carbocycles. The van der Waals surface area contributed by atoms with Crippen LogP contribution >= 0.6 is 0 Å². The van der Waals surface area contributed by atoms with Crippen molar-refractivity contribution in [2.45, 2.75) is 51.1 Å². The number of anilines is 1. The van der Waals surface area contributed by atoms with Crippen molar-refractivity contribution in [2.24, 2.45) is 5.92 Å². The van der Waals surface area contributed by atoms with E-state index in [-0.39, 0.29) is 5.56 Å². The number of carbonyl (C=O) groups is 2. The average Bonchev–Trinajstić information content (AvgIpc) is 3.76. The third-order valence-corrected chi connectivity index (χ3v) is 6.53. The van der Waals surface area contributed by atoms with Gasteiger partial charge in [0.05, 0.1) is 18.4 Å². The summed E-state index contributed by atoms with van der Waals surface area (Å²) in [6, 6.07) is 1.84. The predicted octanol–water partition coefficient (Wildman–Crippen LogP) is 2.14. The maximum absolute atomic E-state index is 13.2. The second-order valence-corrected chi connectivity index (χ2v) is 9.60. The lowest BCUT2D eigenvalue weighted by molar-refractivity contribution is -0.193. The number of carboxylic acid groups (broad SMARTS) is 2. The fraction of sp³-hybridized carbons (Fsp3) is 0.583. The molecule has 5 rings (SSSR count). The molecule has 1 saturated carbocycles. The molecular weight excluding hydrogens is 582 g/mol. The zero-order valence-electron chi connectivity index (χ0n) is 22.3. The van der Waals surface area contributed by atoms with E-state index in [1.165, 1.54) is 19.2 Å². The van der Waals surface area contributed by atoms with Gasteiger partial charge in [0.15, 0.2) is 0 Å². The first kappa shape index (κ1) is 32.6. The van der Waals surface area contributed by atoms with Gasteiger partial charge in [-0.1, -0.05) is 0 Å². The molecule has 1 fully saturated rings. The number of nitrogens with zero attached hydrogens (tertiary/aromatic N) is 6. The monoisotopic (exact) mass is 610 g/mol. The zero-order valence-corrected chi connectivity index (χ0v) is 22.3. The minimum atomic E-state index is -5.08. The lowest BCUT2D eigenvalue weighted by Crippen LogP contribution is -2.40. The van der Waals surface area contributed by atoms with Gasteiger partial charge in [-0.3, -0.25) is 14.3 Å². The topological polar surface area (TPSA) is 151 Å². The molecule has 18 heteroatoms. The van der Waals surface area contributed by atoms with E-state index in [0.717, 1.165) is 74.4 Å². The van der Waals surface area contributed by atoms with Crippen LogP contribution in [-0.2, 0) is 35.5 Å². The molecule has 0 atom stereocenters. The zero-order chi connectivity index (χ0) is 31.2. The molecule has 0 radical (unpaired) electrons. The molecule has 0 spiro atoms. The van der Waals surface area contributed by atoms with Crippen LogP contribution in [0.4, 0.5) is 32.2 Å². The van der Waals surface area contributed by atoms with Crippen LogP contribution in [0.15, 0.2) is 17.2 Å². The normalized spacial score (nSPS) is 16.9. The van der Waals surface area contributed by atoms with Gasteiger partial charge in [0.25, 0.3) is 5.56 Å². The van der Waals surface area contributed by atoms with E-state index in [1.807, 2.05) is 10.6 Å². The number of fused-ring (bicyclic) bond motifs is 2. The molecule has 4 heterocycles. The summed E-state index contributed by atoms with van der Waals surface area (Å²) >= 11 is 0. The van der Waals surface area contributed by atoms with Crippen LogP contribution in [0.3, 0.4) is 0 Å². The van der Waals surface area contributed by atoms with Crippen LogP contribution in [0.1, 0.15) is 29.9 Å². The molecule has 2 aromatic heterocycles. The standard InChI is InChI=1S/C20H26N6O2.2C2HF3O2/c1-28-19-10-18(21-13-22-19)25-7-5-17-23-16-4-6-24(11-14-2-3-14)12-15(16)20(27)26(17)9-8-25;2*3-2(4,5)1(6)7/h10,13-14H,2-9,11-12H2,1H3;2*(H,6,7). The van der Waals surface area contributed by atoms with E-state index in [9.17, 15) is 31.1 Å². The molecule has 0 saturated heterocycles. The molecule has 0 amide bonds. The second kappa shape index (κ2) is 13.3. The summed E-state index contributed by atoms with van der Waals surface area (Å²) in [5.74, 6) is -2.39. The minimum Gasteiger partial charge on any atom is -0.481 e. The Hall–Kier alpha value is -3.96. The van der Waals surface area contributed by atoms with Crippen molar-refractivity contribution in [2.75, 3.05) is 38.2 Å². The number of halogens is 6. The molecule has 2 aromatic rings.